The van der Waals surface area contributed by atoms with Gasteiger partial charge in [0, 0.05) is 44.4 Å². The van der Waals surface area contributed by atoms with E-state index in [0.717, 1.165) is 33.3 Å². The highest BCUT2D eigenvalue weighted by atomic mass is 35.5. The summed E-state index contributed by atoms with van der Waals surface area (Å²) in [6.07, 6.45) is 1.66. The van der Waals surface area contributed by atoms with Gasteiger partial charge in [0.25, 0.3) is 5.91 Å². The van der Waals surface area contributed by atoms with Crippen molar-refractivity contribution in [1.82, 2.24) is 4.57 Å². The molecule has 0 radical (unpaired) electrons. The normalized spacial score (nSPS) is 11.4. The topological polar surface area (TPSA) is 57.8 Å². The van der Waals surface area contributed by atoms with Crippen LogP contribution in [0.3, 0.4) is 0 Å². The predicted octanol–water partition coefficient (Wildman–Crippen LogP) is 7.16. The molecule has 3 aromatic carbocycles. The largest absolute Gasteiger partial charge is 0.340 e. The van der Waals surface area contributed by atoms with Crippen molar-refractivity contribution >= 4 is 51.8 Å². The number of hydrogen-bond acceptors (Lipinski definition) is 2. The molecule has 0 aliphatic rings. The number of carbonyl (C=O) groups excluding carboxylic acids is 1. The van der Waals surface area contributed by atoms with Crippen LogP contribution in [0.25, 0.3) is 17.0 Å². The maximum Gasteiger partial charge on any atom is 0.266 e. The number of halogens is 2. The molecule has 0 aliphatic carbocycles. The zero-order valence-electron chi connectivity index (χ0n) is 18.2. The number of carbonyl (C=O) groups is 1. The predicted molar refractivity (Wildman–Crippen MR) is 136 cm³/mol. The van der Waals surface area contributed by atoms with Crippen LogP contribution in [-0.4, -0.2) is 10.5 Å². The van der Waals surface area contributed by atoms with E-state index in [0.29, 0.717) is 22.3 Å². The first-order chi connectivity index (χ1) is 15.9. The number of anilines is 1. The van der Waals surface area contributed by atoms with Gasteiger partial charge in [-0.3, -0.25) is 4.79 Å². The summed E-state index contributed by atoms with van der Waals surface area (Å²) in [4.78, 5) is 12.9. The molecule has 4 aromatic rings. The van der Waals surface area contributed by atoms with Crippen LogP contribution in [0.4, 0.5) is 5.69 Å². The molecule has 1 amide bonds. The molecule has 1 aromatic heterocycles. The van der Waals surface area contributed by atoms with Crippen LogP contribution < -0.4 is 5.32 Å². The third-order valence-electron chi connectivity index (χ3n) is 5.64. The number of nitrogens with zero attached hydrogens (tertiary/aromatic N) is 2. The maximum atomic E-state index is 12.9. The van der Waals surface area contributed by atoms with Crippen LogP contribution in [-0.2, 0) is 11.3 Å². The molecule has 1 heterocycles. The molecular formula is C27H21Cl2N3O. The average Bonchev–Trinajstić information content (AvgIpc) is 3.06. The maximum absolute atomic E-state index is 12.9. The molecule has 0 unspecified atom stereocenters. The van der Waals surface area contributed by atoms with Gasteiger partial charge in [0.05, 0.1) is 0 Å². The molecule has 164 valence electrons. The van der Waals surface area contributed by atoms with Gasteiger partial charge in [0.2, 0.25) is 0 Å². The second-order valence-corrected chi connectivity index (χ2v) is 8.68. The van der Waals surface area contributed by atoms with Crippen molar-refractivity contribution in [2.45, 2.75) is 20.4 Å². The van der Waals surface area contributed by atoms with E-state index in [1.807, 2.05) is 68.4 Å². The Morgan fingerprint density at radius 2 is 1.73 bits per heavy atom. The zero-order valence-corrected chi connectivity index (χ0v) is 19.7. The van der Waals surface area contributed by atoms with Crippen molar-refractivity contribution in [2.24, 2.45) is 0 Å². The summed E-state index contributed by atoms with van der Waals surface area (Å²) >= 11 is 12.1. The fourth-order valence-electron chi connectivity index (χ4n) is 3.83. The number of amides is 1. The number of rotatable bonds is 5. The van der Waals surface area contributed by atoms with E-state index in [4.69, 9.17) is 23.2 Å². The van der Waals surface area contributed by atoms with Crippen molar-refractivity contribution in [1.29, 1.82) is 5.26 Å². The Morgan fingerprint density at radius 1 is 1.03 bits per heavy atom. The SMILES string of the molecule is Cc1ccc(Cl)cc1NC(=O)/C(C#N)=C/c1c(C)n(Cc2ccc(Cl)cc2)c2ccccc12. The lowest BCUT2D eigenvalue weighted by molar-refractivity contribution is -0.112. The molecule has 0 saturated heterocycles. The van der Waals surface area contributed by atoms with Gasteiger partial charge in [0.1, 0.15) is 11.6 Å². The third kappa shape index (κ3) is 4.80. The van der Waals surface area contributed by atoms with E-state index in [9.17, 15) is 10.1 Å². The van der Waals surface area contributed by atoms with Gasteiger partial charge in [-0.25, -0.2) is 0 Å². The highest BCUT2D eigenvalue weighted by Crippen LogP contribution is 2.29. The summed E-state index contributed by atoms with van der Waals surface area (Å²) in [6, 6.07) is 23.0. The molecule has 0 fully saturated rings. The second-order valence-electron chi connectivity index (χ2n) is 7.81. The van der Waals surface area contributed by atoms with Crippen molar-refractivity contribution < 1.29 is 4.79 Å². The molecule has 33 heavy (non-hydrogen) atoms. The highest BCUT2D eigenvalue weighted by molar-refractivity contribution is 6.31. The molecule has 0 saturated carbocycles. The number of hydrogen-bond donors (Lipinski definition) is 1. The Balaban J connectivity index is 1.74. The fourth-order valence-corrected chi connectivity index (χ4v) is 4.13. The van der Waals surface area contributed by atoms with E-state index in [1.165, 1.54) is 0 Å². The Morgan fingerprint density at radius 3 is 2.45 bits per heavy atom. The molecular weight excluding hydrogens is 453 g/mol. The van der Waals surface area contributed by atoms with Crippen LogP contribution in [0.2, 0.25) is 10.0 Å². The molecule has 4 nitrogen and oxygen atoms in total. The number of nitrogens with one attached hydrogen (secondary N) is 1. The number of fused-ring (bicyclic) bond motifs is 1. The first-order valence-electron chi connectivity index (χ1n) is 10.4. The van der Waals surface area contributed by atoms with Crippen molar-refractivity contribution in [3.63, 3.8) is 0 Å². The molecule has 4 rings (SSSR count). The fraction of sp³-hybridized carbons (Fsp3) is 0.111. The summed E-state index contributed by atoms with van der Waals surface area (Å²) < 4.78 is 2.18. The minimum Gasteiger partial charge on any atom is -0.340 e. The van der Waals surface area contributed by atoms with E-state index in [1.54, 1.807) is 18.2 Å². The highest BCUT2D eigenvalue weighted by Gasteiger charge is 2.17. The summed E-state index contributed by atoms with van der Waals surface area (Å²) in [5, 5.41) is 14.8. The molecule has 0 atom stereocenters. The van der Waals surface area contributed by atoms with Gasteiger partial charge in [-0.15, -0.1) is 0 Å². The van der Waals surface area contributed by atoms with Gasteiger partial charge >= 0.3 is 0 Å². The van der Waals surface area contributed by atoms with Gasteiger partial charge < -0.3 is 9.88 Å². The Bertz CT molecular complexity index is 1430. The van der Waals surface area contributed by atoms with Crippen molar-refractivity contribution in [2.75, 3.05) is 5.32 Å². The molecule has 6 heteroatoms. The third-order valence-corrected chi connectivity index (χ3v) is 6.12. The molecule has 1 N–H and O–H groups in total. The number of nitriles is 1. The van der Waals surface area contributed by atoms with E-state index in [-0.39, 0.29) is 5.57 Å². The minimum absolute atomic E-state index is 0.0203. The Hall–Kier alpha value is -3.52. The zero-order chi connectivity index (χ0) is 23.5. The van der Waals surface area contributed by atoms with Gasteiger partial charge in [-0.05, 0) is 61.4 Å². The van der Waals surface area contributed by atoms with Crippen LogP contribution in [0.5, 0.6) is 0 Å². The standard InChI is InChI=1S/C27H21Cl2N3O/c1-17-7-10-22(29)14-25(17)31-27(33)20(15-30)13-24-18(2)32(26-6-4-3-5-23(24)26)16-19-8-11-21(28)12-9-19/h3-14H,16H2,1-2H3,(H,31,33)/b20-13+. The lowest BCUT2D eigenvalue weighted by Gasteiger charge is -2.09. The average molecular weight is 474 g/mol. The lowest BCUT2D eigenvalue weighted by atomic mass is 10.1. The monoisotopic (exact) mass is 473 g/mol. The minimum atomic E-state index is -0.475. The van der Waals surface area contributed by atoms with Crippen LogP contribution in [0.1, 0.15) is 22.4 Å². The lowest BCUT2D eigenvalue weighted by Crippen LogP contribution is -2.14. The first kappa shape index (κ1) is 22.7. The van der Waals surface area contributed by atoms with E-state index in [2.05, 4.69) is 16.0 Å². The van der Waals surface area contributed by atoms with E-state index >= 15 is 0 Å². The molecule has 0 spiro atoms. The summed E-state index contributed by atoms with van der Waals surface area (Å²) in [7, 11) is 0. The van der Waals surface area contributed by atoms with Gasteiger partial charge in [-0.2, -0.15) is 5.26 Å². The summed E-state index contributed by atoms with van der Waals surface area (Å²) in [5.74, 6) is -0.475. The molecule has 0 aliphatic heterocycles. The van der Waals surface area contributed by atoms with Gasteiger partial charge in [-0.1, -0.05) is 59.6 Å². The Labute approximate surface area is 202 Å². The van der Waals surface area contributed by atoms with Crippen LogP contribution in [0, 0.1) is 25.2 Å². The smallest absolute Gasteiger partial charge is 0.266 e. The van der Waals surface area contributed by atoms with E-state index < -0.39 is 5.91 Å². The molecule has 0 bridgehead atoms. The number of benzene rings is 3. The second kappa shape index (κ2) is 9.54. The Kier molecular flexibility index (Phi) is 6.55. The number of aryl methyl sites for hydroxylation is 1. The van der Waals surface area contributed by atoms with Crippen LogP contribution in [0.15, 0.2) is 72.3 Å². The van der Waals surface area contributed by atoms with Crippen molar-refractivity contribution in [3.05, 3.63) is 105 Å². The number of para-hydroxylation sites is 1. The van der Waals surface area contributed by atoms with Crippen LogP contribution >= 0.6 is 23.2 Å². The quantitative estimate of drug-likeness (QED) is 0.247. The number of aromatic nitrogens is 1. The first-order valence-corrected chi connectivity index (χ1v) is 11.1. The summed E-state index contributed by atoms with van der Waals surface area (Å²) in [5.41, 5.74) is 5.40. The summed E-state index contributed by atoms with van der Waals surface area (Å²) in [6.45, 7) is 4.51. The van der Waals surface area contributed by atoms with Gasteiger partial charge in [0.15, 0.2) is 0 Å². The van der Waals surface area contributed by atoms with Crippen molar-refractivity contribution in [3.8, 4) is 6.07 Å².